The van der Waals surface area contributed by atoms with E-state index >= 15 is 0 Å². The first-order valence-electron chi connectivity index (χ1n) is 9.24. The van der Waals surface area contributed by atoms with Crippen LogP contribution in [-0.2, 0) is 14.3 Å². The molecule has 0 saturated heterocycles. The van der Waals surface area contributed by atoms with E-state index in [2.05, 4.69) is 5.32 Å². The Labute approximate surface area is 171 Å². The van der Waals surface area contributed by atoms with E-state index in [0.717, 1.165) is 22.4 Å². The Morgan fingerprint density at radius 2 is 1.66 bits per heavy atom. The van der Waals surface area contributed by atoms with Gasteiger partial charge in [0.1, 0.15) is 11.5 Å². The Balaban J connectivity index is 2.02. The van der Waals surface area contributed by atoms with Crippen molar-refractivity contribution < 1.29 is 23.8 Å². The molecule has 29 heavy (non-hydrogen) atoms. The molecule has 0 aliphatic heterocycles. The number of carbonyl (C=O) groups is 2. The molecule has 0 aliphatic carbocycles. The molecule has 1 unspecified atom stereocenters. The summed E-state index contributed by atoms with van der Waals surface area (Å²) < 4.78 is 15.7. The van der Waals surface area contributed by atoms with Crippen molar-refractivity contribution in [3.8, 4) is 11.5 Å². The average molecular weight is 397 g/mol. The first kappa shape index (κ1) is 22.0. The molecule has 6 nitrogen and oxygen atoms in total. The van der Waals surface area contributed by atoms with Crippen LogP contribution in [0.1, 0.15) is 29.2 Å². The second-order valence-corrected chi connectivity index (χ2v) is 6.78. The van der Waals surface area contributed by atoms with Crippen molar-refractivity contribution in [1.29, 1.82) is 0 Å². The third kappa shape index (κ3) is 5.85. The third-order valence-electron chi connectivity index (χ3n) is 4.43. The molecular weight excluding hydrogens is 370 g/mol. The van der Waals surface area contributed by atoms with Crippen molar-refractivity contribution in [1.82, 2.24) is 0 Å². The van der Waals surface area contributed by atoms with Gasteiger partial charge >= 0.3 is 5.97 Å². The highest BCUT2D eigenvalue weighted by Crippen LogP contribution is 2.26. The van der Waals surface area contributed by atoms with E-state index in [1.807, 2.05) is 32.9 Å². The van der Waals surface area contributed by atoms with E-state index in [1.54, 1.807) is 31.4 Å². The summed E-state index contributed by atoms with van der Waals surface area (Å²) in [7, 11) is 3.10. The molecule has 0 bridgehead atoms. The number of benzene rings is 2. The van der Waals surface area contributed by atoms with Gasteiger partial charge in [0.25, 0.3) is 5.91 Å². The van der Waals surface area contributed by atoms with Crippen LogP contribution in [0, 0.1) is 20.8 Å². The van der Waals surface area contributed by atoms with Gasteiger partial charge in [0.05, 0.1) is 14.2 Å². The second kappa shape index (κ2) is 9.78. The highest BCUT2D eigenvalue weighted by Gasteiger charge is 2.18. The lowest BCUT2D eigenvalue weighted by Crippen LogP contribution is -2.30. The summed E-state index contributed by atoms with van der Waals surface area (Å²) in [5.41, 5.74) is 4.47. The maximum Gasteiger partial charge on any atom is 0.331 e. The fourth-order valence-corrected chi connectivity index (χ4v) is 2.98. The minimum absolute atomic E-state index is 0.385. The lowest BCUT2D eigenvalue weighted by atomic mass is 10.0. The van der Waals surface area contributed by atoms with Crippen LogP contribution < -0.4 is 14.8 Å². The van der Waals surface area contributed by atoms with Crippen LogP contribution in [0.4, 0.5) is 5.69 Å². The normalized spacial score (nSPS) is 11.8. The highest BCUT2D eigenvalue weighted by molar-refractivity contribution is 5.97. The number of nitrogens with one attached hydrogen (secondary N) is 1. The molecule has 0 aromatic heterocycles. The zero-order valence-electron chi connectivity index (χ0n) is 17.7. The van der Waals surface area contributed by atoms with Gasteiger partial charge in [-0.2, -0.15) is 0 Å². The molecule has 0 fully saturated rings. The van der Waals surface area contributed by atoms with E-state index in [-0.39, 0.29) is 5.91 Å². The van der Waals surface area contributed by atoms with Crippen LogP contribution in [0.25, 0.3) is 6.08 Å². The predicted octanol–water partition coefficient (Wildman–Crippen LogP) is 4.21. The number of hydrogen-bond donors (Lipinski definition) is 1. The fraction of sp³-hybridized carbons (Fsp3) is 0.304. The molecule has 2 rings (SSSR count). The van der Waals surface area contributed by atoms with Crippen LogP contribution in [0.3, 0.4) is 0 Å². The first-order chi connectivity index (χ1) is 13.7. The van der Waals surface area contributed by atoms with Gasteiger partial charge in [-0.3, -0.25) is 4.79 Å². The van der Waals surface area contributed by atoms with Crippen molar-refractivity contribution in [2.45, 2.75) is 33.8 Å². The number of rotatable bonds is 7. The minimum atomic E-state index is -0.940. The van der Waals surface area contributed by atoms with Crippen molar-refractivity contribution in [3.05, 3.63) is 58.7 Å². The van der Waals surface area contributed by atoms with Gasteiger partial charge in [0, 0.05) is 23.4 Å². The van der Waals surface area contributed by atoms with Crippen LogP contribution >= 0.6 is 0 Å². The average Bonchev–Trinajstić information content (AvgIpc) is 2.68. The maximum absolute atomic E-state index is 12.4. The lowest BCUT2D eigenvalue weighted by molar-refractivity contribution is -0.148. The molecule has 0 aliphatic rings. The van der Waals surface area contributed by atoms with E-state index in [0.29, 0.717) is 17.1 Å². The molecule has 6 heteroatoms. The smallest absolute Gasteiger partial charge is 0.331 e. The van der Waals surface area contributed by atoms with Crippen LogP contribution in [0.2, 0.25) is 0 Å². The quantitative estimate of drug-likeness (QED) is 0.560. The third-order valence-corrected chi connectivity index (χ3v) is 4.43. The number of aryl methyl sites for hydroxylation is 3. The molecule has 1 atom stereocenters. The number of esters is 1. The van der Waals surface area contributed by atoms with Crippen LogP contribution in [-0.4, -0.2) is 32.2 Å². The minimum Gasteiger partial charge on any atom is -0.497 e. The van der Waals surface area contributed by atoms with Crippen molar-refractivity contribution in [2.24, 2.45) is 0 Å². The Kier molecular flexibility index (Phi) is 7.42. The summed E-state index contributed by atoms with van der Waals surface area (Å²) in [6.45, 7) is 7.39. The molecule has 1 N–H and O–H groups in total. The summed E-state index contributed by atoms with van der Waals surface area (Å²) in [6, 6.07) is 9.22. The molecule has 0 spiro atoms. The van der Waals surface area contributed by atoms with Gasteiger partial charge < -0.3 is 19.5 Å². The van der Waals surface area contributed by atoms with E-state index < -0.39 is 12.1 Å². The topological polar surface area (TPSA) is 73.9 Å². The second-order valence-electron chi connectivity index (χ2n) is 6.78. The Bertz CT molecular complexity index is 910. The number of anilines is 1. The predicted molar refractivity (Wildman–Crippen MR) is 113 cm³/mol. The van der Waals surface area contributed by atoms with Gasteiger partial charge in [-0.25, -0.2) is 4.79 Å². The zero-order valence-corrected chi connectivity index (χ0v) is 17.7. The summed E-state index contributed by atoms with van der Waals surface area (Å²) in [5.74, 6) is 0.199. The molecule has 2 aromatic carbocycles. The SMILES string of the molecule is COc1ccc(/C=C/C(=O)OC(C)C(=O)Nc2c(C)cc(C)cc2C)c(OC)c1. The number of carbonyl (C=O) groups excluding carboxylic acids is 2. The largest absolute Gasteiger partial charge is 0.497 e. The van der Waals surface area contributed by atoms with Crippen molar-refractivity contribution in [3.63, 3.8) is 0 Å². The maximum atomic E-state index is 12.4. The van der Waals surface area contributed by atoms with Crippen LogP contribution in [0.5, 0.6) is 11.5 Å². The lowest BCUT2D eigenvalue weighted by Gasteiger charge is -2.16. The molecule has 0 radical (unpaired) electrons. The molecule has 1 amide bonds. The number of amides is 1. The molecular formula is C23H27NO5. The molecule has 154 valence electrons. The van der Waals surface area contributed by atoms with Crippen molar-refractivity contribution in [2.75, 3.05) is 19.5 Å². The summed E-state index contributed by atoms with van der Waals surface area (Å²) in [4.78, 5) is 24.6. The van der Waals surface area contributed by atoms with E-state index in [9.17, 15) is 9.59 Å². The molecule has 0 saturated carbocycles. The zero-order chi connectivity index (χ0) is 21.6. The van der Waals surface area contributed by atoms with Gasteiger partial charge in [0.2, 0.25) is 0 Å². The van der Waals surface area contributed by atoms with Gasteiger partial charge in [-0.1, -0.05) is 17.7 Å². The molecule has 0 heterocycles. The summed E-state index contributed by atoms with van der Waals surface area (Å²) in [6.07, 6.45) is 1.89. The summed E-state index contributed by atoms with van der Waals surface area (Å²) >= 11 is 0. The molecule has 2 aromatic rings. The number of hydrogen-bond acceptors (Lipinski definition) is 5. The van der Waals surface area contributed by atoms with Gasteiger partial charge in [0.15, 0.2) is 6.10 Å². The van der Waals surface area contributed by atoms with Gasteiger partial charge in [-0.05, 0) is 57.0 Å². The standard InChI is InChI=1S/C23H27NO5/c1-14-11-15(2)22(16(3)12-14)24-23(26)17(4)29-21(25)10-8-18-7-9-19(27-5)13-20(18)28-6/h7-13,17H,1-6H3,(H,24,26)/b10-8+. The monoisotopic (exact) mass is 397 g/mol. The van der Waals surface area contributed by atoms with Gasteiger partial charge in [-0.15, -0.1) is 0 Å². The summed E-state index contributed by atoms with van der Waals surface area (Å²) in [5, 5.41) is 2.84. The van der Waals surface area contributed by atoms with E-state index in [4.69, 9.17) is 14.2 Å². The first-order valence-corrected chi connectivity index (χ1v) is 9.24. The van der Waals surface area contributed by atoms with Crippen molar-refractivity contribution >= 4 is 23.6 Å². The van der Waals surface area contributed by atoms with E-state index in [1.165, 1.54) is 20.1 Å². The van der Waals surface area contributed by atoms with Crippen LogP contribution in [0.15, 0.2) is 36.4 Å². The Hall–Kier alpha value is -3.28. The Morgan fingerprint density at radius 1 is 1.00 bits per heavy atom. The number of methoxy groups -OCH3 is 2. The number of ether oxygens (including phenoxy) is 3. The fourth-order valence-electron chi connectivity index (χ4n) is 2.98. The highest BCUT2D eigenvalue weighted by atomic mass is 16.5. The Morgan fingerprint density at radius 3 is 2.24 bits per heavy atom.